The van der Waals surface area contributed by atoms with Gasteiger partial charge in [0.25, 0.3) is 0 Å². The molecule has 0 unspecified atom stereocenters. The number of urea groups is 1. The fourth-order valence-electron chi connectivity index (χ4n) is 5.71. The van der Waals surface area contributed by atoms with Crippen molar-refractivity contribution in [1.29, 1.82) is 0 Å². The lowest BCUT2D eigenvalue weighted by Crippen LogP contribution is -2.69. The van der Waals surface area contributed by atoms with Gasteiger partial charge in [-0.15, -0.1) is 0 Å². The predicted octanol–water partition coefficient (Wildman–Crippen LogP) is 3.83. The first-order valence-corrected chi connectivity index (χ1v) is 11.7. The second-order valence-corrected chi connectivity index (χ2v) is 8.85. The van der Waals surface area contributed by atoms with Crippen molar-refractivity contribution in [3.05, 3.63) is 108 Å². The van der Waals surface area contributed by atoms with E-state index < -0.39 is 23.3 Å². The van der Waals surface area contributed by atoms with Gasteiger partial charge >= 0.3 is 6.03 Å². The van der Waals surface area contributed by atoms with Crippen molar-refractivity contribution in [1.82, 2.24) is 10.2 Å². The van der Waals surface area contributed by atoms with Crippen LogP contribution >= 0.6 is 0 Å². The van der Waals surface area contributed by atoms with E-state index in [0.717, 1.165) is 16.7 Å². The molecular weight excluding hydrogens is 428 g/mol. The van der Waals surface area contributed by atoms with Crippen LogP contribution in [-0.2, 0) is 14.9 Å². The number of imide groups is 1. The van der Waals surface area contributed by atoms with Crippen molar-refractivity contribution in [2.45, 2.75) is 36.5 Å². The van der Waals surface area contributed by atoms with E-state index >= 15 is 0 Å². The average Bonchev–Trinajstić information content (AvgIpc) is 3.32. The van der Waals surface area contributed by atoms with Gasteiger partial charge in [0.2, 0.25) is 5.91 Å². The van der Waals surface area contributed by atoms with Crippen LogP contribution in [0, 0.1) is 0 Å². The molecule has 0 bridgehead atoms. The van der Waals surface area contributed by atoms with Crippen LogP contribution < -0.4 is 5.32 Å². The van der Waals surface area contributed by atoms with E-state index in [0.29, 0.717) is 12.8 Å². The number of hydrogen-bond acceptors (Lipinski definition) is 4. The average molecular weight is 457 g/mol. The maximum atomic E-state index is 13.4. The van der Waals surface area contributed by atoms with Crippen LogP contribution in [0.15, 0.2) is 91.0 Å². The lowest BCUT2D eigenvalue weighted by atomic mass is 9.61. The lowest BCUT2D eigenvalue weighted by Gasteiger charge is -2.55. The number of aliphatic hydroxyl groups excluding tert-OH is 1. The normalized spacial score (nSPS) is 23.1. The molecule has 3 aromatic rings. The van der Waals surface area contributed by atoms with Crippen molar-refractivity contribution in [2.24, 2.45) is 0 Å². The largest absolute Gasteiger partial charge is 0.394 e. The van der Waals surface area contributed by atoms with Gasteiger partial charge in [-0.25, -0.2) is 4.79 Å². The number of nitrogens with zero attached hydrogens (tertiary/aromatic N) is 1. The molecule has 2 saturated heterocycles. The third-order valence-electron chi connectivity index (χ3n) is 7.07. The summed E-state index contributed by atoms with van der Waals surface area (Å²) in [6.45, 7) is 0.0850. The van der Waals surface area contributed by atoms with Crippen LogP contribution in [0.25, 0.3) is 0 Å². The zero-order valence-corrected chi connectivity index (χ0v) is 18.9. The molecule has 0 saturated carbocycles. The van der Waals surface area contributed by atoms with Crippen LogP contribution in [0.3, 0.4) is 0 Å². The van der Waals surface area contributed by atoms with E-state index in [9.17, 15) is 14.7 Å². The van der Waals surface area contributed by atoms with Crippen LogP contribution in [0.1, 0.15) is 36.0 Å². The highest BCUT2D eigenvalue weighted by atomic mass is 16.5. The van der Waals surface area contributed by atoms with Gasteiger partial charge in [0, 0.05) is 13.0 Å². The Morgan fingerprint density at radius 3 is 1.79 bits per heavy atom. The predicted molar refractivity (Wildman–Crippen MR) is 128 cm³/mol. The van der Waals surface area contributed by atoms with E-state index in [1.54, 1.807) is 4.90 Å². The molecule has 174 valence electrons. The fraction of sp³-hybridized carbons (Fsp3) is 0.286. The van der Waals surface area contributed by atoms with E-state index in [2.05, 4.69) is 41.7 Å². The molecule has 0 aromatic heterocycles. The molecule has 3 aromatic carbocycles. The summed E-state index contributed by atoms with van der Waals surface area (Å²) >= 11 is 0. The molecule has 6 nitrogen and oxygen atoms in total. The monoisotopic (exact) mass is 456 g/mol. The SMILES string of the molecule is O=C1CCN([C@@]2(C(c3ccccc3)(c3ccccc3)c3ccccc3)CC[C@@H](CO)O2)C(=O)N1. The van der Waals surface area contributed by atoms with Gasteiger partial charge in [-0.2, -0.15) is 0 Å². The molecule has 0 radical (unpaired) electrons. The van der Waals surface area contributed by atoms with Gasteiger partial charge in [0.15, 0.2) is 5.72 Å². The Morgan fingerprint density at radius 2 is 1.38 bits per heavy atom. The highest BCUT2D eigenvalue weighted by molar-refractivity contribution is 5.97. The van der Waals surface area contributed by atoms with Gasteiger partial charge in [0.1, 0.15) is 0 Å². The Hall–Kier alpha value is -3.48. The number of carbonyl (C=O) groups is 2. The minimum atomic E-state index is -1.17. The van der Waals surface area contributed by atoms with Crippen LogP contribution in [0.5, 0.6) is 0 Å². The van der Waals surface area contributed by atoms with Crippen molar-refractivity contribution in [3.8, 4) is 0 Å². The maximum Gasteiger partial charge on any atom is 0.326 e. The van der Waals surface area contributed by atoms with Crippen molar-refractivity contribution >= 4 is 11.9 Å². The van der Waals surface area contributed by atoms with Gasteiger partial charge in [0.05, 0.1) is 18.1 Å². The zero-order chi connectivity index (χ0) is 23.6. The number of aliphatic hydroxyl groups is 1. The van der Waals surface area contributed by atoms with E-state index in [1.807, 2.05) is 54.6 Å². The molecule has 2 aliphatic heterocycles. The highest BCUT2D eigenvalue weighted by Crippen LogP contribution is 2.56. The van der Waals surface area contributed by atoms with E-state index in [-0.39, 0.29) is 25.5 Å². The summed E-state index contributed by atoms with van der Waals surface area (Å²) in [5.74, 6) is -0.294. The smallest absolute Gasteiger partial charge is 0.326 e. The Kier molecular flexibility index (Phi) is 5.94. The number of ether oxygens (including phenoxy) is 1. The number of amides is 3. The molecule has 2 aliphatic rings. The minimum absolute atomic E-state index is 0.148. The molecule has 3 amide bonds. The molecule has 2 atom stereocenters. The van der Waals surface area contributed by atoms with E-state index in [4.69, 9.17) is 4.74 Å². The fourth-order valence-corrected chi connectivity index (χ4v) is 5.71. The minimum Gasteiger partial charge on any atom is -0.394 e. The summed E-state index contributed by atoms with van der Waals surface area (Å²) in [6.07, 6.45) is 0.844. The highest BCUT2D eigenvalue weighted by Gasteiger charge is 2.63. The van der Waals surface area contributed by atoms with Crippen molar-refractivity contribution < 1.29 is 19.4 Å². The van der Waals surface area contributed by atoms with Gasteiger partial charge < -0.3 is 9.84 Å². The number of hydrogen-bond donors (Lipinski definition) is 2. The number of rotatable bonds is 6. The summed E-state index contributed by atoms with van der Waals surface area (Å²) in [5.41, 5.74) is 0.815. The van der Waals surface area contributed by atoms with Crippen LogP contribution in [0.2, 0.25) is 0 Å². The molecule has 5 rings (SSSR count). The summed E-state index contributed by atoms with van der Waals surface area (Å²) in [7, 11) is 0. The van der Waals surface area contributed by atoms with Gasteiger partial charge in [-0.05, 0) is 29.5 Å². The Balaban J connectivity index is 1.87. The second kappa shape index (κ2) is 9.05. The third kappa shape index (κ3) is 3.42. The van der Waals surface area contributed by atoms with Crippen LogP contribution in [-0.4, -0.2) is 46.9 Å². The summed E-state index contributed by atoms with van der Waals surface area (Å²) < 4.78 is 6.78. The first kappa shape index (κ1) is 22.3. The maximum absolute atomic E-state index is 13.4. The molecule has 34 heavy (non-hydrogen) atoms. The van der Waals surface area contributed by atoms with Crippen LogP contribution in [0.4, 0.5) is 4.79 Å². The summed E-state index contributed by atoms with van der Waals surface area (Å²) in [6, 6.07) is 29.7. The van der Waals surface area contributed by atoms with Gasteiger partial charge in [-0.1, -0.05) is 91.0 Å². The van der Waals surface area contributed by atoms with Crippen molar-refractivity contribution in [3.63, 3.8) is 0 Å². The lowest BCUT2D eigenvalue weighted by molar-refractivity contribution is -0.167. The quantitative estimate of drug-likeness (QED) is 0.553. The standard InChI is InChI=1S/C28H28N2O4/c31-20-24-16-18-27(34-24,30-19-17-25(32)29-26(30)33)28(21-10-4-1-5-11-21,22-12-6-2-7-13-22)23-14-8-3-9-15-23/h1-15,24,31H,16-20H2,(H,29,32,33)/t24-,27-/m0/s1. The molecule has 0 spiro atoms. The molecule has 2 fully saturated rings. The second-order valence-electron chi connectivity index (χ2n) is 8.85. The third-order valence-corrected chi connectivity index (χ3v) is 7.07. The molecule has 0 aliphatic carbocycles. The topological polar surface area (TPSA) is 78.9 Å². The van der Waals surface area contributed by atoms with Gasteiger partial charge in [-0.3, -0.25) is 15.0 Å². The first-order valence-electron chi connectivity index (χ1n) is 11.7. The first-order chi connectivity index (χ1) is 16.6. The Labute approximate surface area is 199 Å². The molecule has 2 heterocycles. The number of benzene rings is 3. The van der Waals surface area contributed by atoms with E-state index in [1.165, 1.54) is 0 Å². The summed E-state index contributed by atoms with van der Waals surface area (Å²) in [4.78, 5) is 27.1. The number of carbonyl (C=O) groups excluding carboxylic acids is 2. The Morgan fingerprint density at radius 1 is 0.882 bits per heavy atom. The molecule has 6 heteroatoms. The zero-order valence-electron chi connectivity index (χ0n) is 18.9. The summed E-state index contributed by atoms with van der Waals surface area (Å²) in [5, 5.41) is 12.6. The van der Waals surface area contributed by atoms with Crippen molar-refractivity contribution in [2.75, 3.05) is 13.2 Å². The molecular formula is C28H28N2O4. The number of nitrogens with one attached hydrogen (secondary N) is 1. The molecule has 2 N–H and O–H groups in total. The Bertz CT molecular complexity index is 1060.